The minimum Gasteiger partial charge on any atom is -0.497 e. The lowest BCUT2D eigenvalue weighted by Gasteiger charge is -2.16. The van der Waals surface area contributed by atoms with Gasteiger partial charge in [-0.15, -0.1) is 0 Å². The summed E-state index contributed by atoms with van der Waals surface area (Å²) in [5.41, 5.74) is 4.74. The lowest BCUT2D eigenvalue weighted by Crippen LogP contribution is -2.19. The second-order valence-corrected chi connectivity index (χ2v) is 6.34. The van der Waals surface area contributed by atoms with Crippen LogP contribution in [0.3, 0.4) is 0 Å². The molecule has 0 unspecified atom stereocenters. The van der Waals surface area contributed by atoms with Crippen LogP contribution >= 0.6 is 0 Å². The van der Waals surface area contributed by atoms with Crippen LogP contribution in [0.5, 0.6) is 5.75 Å². The number of benzene rings is 2. The van der Waals surface area contributed by atoms with Crippen LogP contribution in [0.25, 0.3) is 10.9 Å². The standard InChI is InChI=1S/C22H21N3O/c1-15-21(18-7-3-4-8-19(18)24-15)22(25-20-9-5-6-14-23-20)16-10-12-17(26-2)13-11-16/h3-14,22,24H,1-2H3,(H,23,25)/p+1/t22-/m1/s1. The molecule has 3 N–H and O–H groups in total. The average molecular weight is 344 g/mol. The van der Waals surface area contributed by atoms with Gasteiger partial charge in [0.2, 0.25) is 0 Å². The Hall–Kier alpha value is -3.27. The highest BCUT2D eigenvalue weighted by atomic mass is 16.5. The van der Waals surface area contributed by atoms with Crippen molar-refractivity contribution in [3.63, 3.8) is 0 Å². The molecule has 2 aromatic heterocycles. The predicted molar refractivity (Wildman–Crippen MR) is 104 cm³/mol. The van der Waals surface area contributed by atoms with Gasteiger partial charge >= 0.3 is 0 Å². The predicted octanol–water partition coefficient (Wildman–Crippen LogP) is 4.50. The summed E-state index contributed by atoms with van der Waals surface area (Å²) in [5, 5.41) is 4.88. The summed E-state index contributed by atoms with van der Waals surface area (Å²) in [6, 6.07) is 22.7. The first-order valence-electron chi connectivity index (χ1n) is 8.70. The van der Waals surface area contributed by atoms with Gasteiger partial charge in [0.1, 0.15) is 11.8 Å². The monoisotopic (exact) mass is 344 g/mol. The van der Waals surface area contributed by atoms with Gasteiger partial charge < -0.3 is 9.72 Å². The first-order valence-corrected chi connectivity index (χ1v) is 8.70. The molecule has 4 rings (SSSR count). The normalized spacial score (nSPS) is 12.1. The van der Waals surface area contributed by atoms with E-state index >= 15 is 0 Å². The smallest absolute Gasteiger partial charge is 0.272 e. The molecule has 130 valence electrons. The Labute approximate surface area is 152 Å². The molecule has 0 spiro atoms. The molecule has 26 heavy (non-hydrogen) atoms. The van der Waals surface area contributed by atoms with Gasteiger partial charge in [0, 0.05) is 33.8 Å². The Kier molecular flexibility index (Phi) is 4.32. The van der Waals surface area contributed by atoms with E-state index in [0.29, 0.717) is 0 Å². The van der Waals surface area contributed by atoms with Gasteiger partial charge in [-0.3, -0.25) is 5.32 Å². The first-order chi connectivity index (χ1) is 12.8. The van der Waals surface area contributed by atoms with Crippen LogP contribution in [0.4, 0.5) is 5.82 Å². The number of aromatic nitrogens is 2. The first kappa shape index (κ1) is 16.2. The number of nitrogens with one attached hydrogen (secondary N) is 3. The topological polar surface area (TPSA) is 51.2 Å². The fraction of sp³-hybridized carbons (Fsp3) is 0.136. The highest BCUT2D eigenvalue weighted by molar-refractivity contribution is 5.86. The van der Waals surface area contributed by atoms with Crippen molar-refractivity contribution in [1.82, 2.24) is 4.98 Å². The Morgan fingerprint density at radius 1 is 0.962 bits per heavy atom. The molecule has 4 aromatic rings. The largest absolute Gasteiger partial charge is 0.497 e. The minimum absolute atomic E-state index is 0.00991. The van der Waals surface area contributed by atoms with Gasteiger partial charge in [0.05, 0.1) is 13.3 Å². The second-order valence-electron chi connectivity index (χ2n) is 6.34. The molecule has 2 heterocycles. The zero-order valence-electron chi connectivity index (χ0n) is 14.9. The van der Waals surface area contributed by atoms with Crippen molar-refractivity contribution < 1.29 is 9.72 Å². The number of anilines is 1. The Morgan fingerprint density at radius 3 is 2.46 bits per heavy atom. The molecule has 0 saturated carbocycles. The number of methoxy groups -OCH3 is 1. The Bertz CT molecular complexity index is 1010. The van der Waals surface area contributed by atoms with Crippen LogP contribution in [0.15, 0.2) is 72.9 Å². The van der Waals surface area contributed by atoms with E-state index in [2.05, 4.69) is 58.6 Å². The molecule has 0 fully saturated rings. The van der Waals surface area contributed by atoms with Crippen LogP contribution < -0.4 is 15.0 Å². The Morgan fingerprint density at radius 2 is 1.73 bits per heavy atom. The minimum atomic E-state index is 0.00991. The number of rotatable bonds is 5. The third-order valence-electron chi connectivity index (χ3n) is 4.69. The van der Waals surface area contributed by atoms with Gasteiger partial charge in [-0.2, -0.15) is 0 Å². The average Bonchev–Trinajstić information content (AvgIpc) is 3.03. The fourth-order valence-corrected chi connectivity index (χ4v) is 3.43. The van der Waals surface area contributed by atoms with E-state index in [0.717, 1.165) is 22.8 Å². The molecule has 0 aliphatic carbocycles. The maximum atomic E-state index is 5.32. The Balaban J connectivity index is 1.85. The second kappa shape index (κ2) is 6.92. The summed E-state index contributed by atoms with van der Waals surface area (Å²) >= 11 is 0. The summed E-state index contributed by atoms with van der Waals surface area (Å²) in [7, 11) is 1.69. The van der Waals surface area contributed by atoms with Crippen molar-refractivity contribution in [2.24, 2.45) is 0 Å². The third-order valence-corrected chi connectivity index (χ3v) is 4.69. The van der Waals surface area contributed by atoms with Crippen LogP contribution in [-0.4, -0.2) is 12.1 Å². The van der Waals surface area contributed by atoms with Crippen LogP contribution in [-0.2, 0) is 0 Å². The molecular weight excluding hydrogens is 322 g/mol. The number of pyridine rings is 1. The van der Waals surface area contributed by atoms with E-state index in [1.807, 2.05) is 36.5 Å². The van der Waals surface area contributed by atoms with E-state index in [9.17, 15) is 0 Å². The van der Waals surface area contributed by atoms with Gasteiger partial charge in [-0.1, -0.05) is 36.4 Å². The molecule has 1 atom stereocenters. The van der Waals surface area contributed by atoms with Crippen molar-refractivity contribution in [2.45, 2.75) is 13.0 Å². The highest BCUT2D eigenvalue weighted by Crippen LogP contribution is 2.34. The van der Waals surface area contributed by atoms with Crippen molar-refractivity contribution in [3.8, 4) is 5.75 Å². The number of para-hydroxylation sites is 1. The molecule has 0 bridgehead atoms. The van der Waals surface area contributed by atoms with Crippen LogP contribution in [0.1, 0.15) is 22.9 Å². The maximum Gasteiger partial charge on any atom is 0.272 e. The summed E-state index contributed by atoms with van der Waals surface area (Å²) < 4.78 is 5.32. The number of aryl methyl sites for hydroxylation is 1. The number of aromatic amines is 2. The van der Waals surface area contributed by atoms with E-state index in [-0.39, 0.29) is 6.04 Å². The molecule has 0 radical (unpaired) electrons. The van der Waals surface area contributed by atoms with Gasteiger partial charge in [-0.25, -0.2) is 4.98 Å². The summed E-state index contributed by atoms with van der Waals surface area (Å²) in [4.78, 5) is 6.79. The lowest BCUT2D eigenvalue weighted by molar-refractivity contribution is -0.361. The van der Waals surface area contributed by atoms with Crippen LogP contribution in [0.2, 0.25) is 0 Å². The number of fused-ring (bicyclic) bond motifs is 1. The molecule has 0 saturated heterocycles. The zero-order valence-corrected chi connectivity index (χ0v) is 14.9. The summed E-state index contributed by atoms with van der Waals surface area (Å²) in [6.45, 7) is 2.13. The molecule has 0 aliphatic heterocycles. The third kappa shape index (κ3) is 3.02. The molecule has 2 aromatic carbocycles. The highest BCUT2D eigenvalue weighted by Gasteiger charge is 2.25. The molecule has 4 heteroatoms. The van der Waals surface area contributed by atoms with Gasteiger partial charge in [0.15, 0.2) is 0 Å². The summed E-state index contributed by atoms with van der Waals surface area (Å²) in [6.07, 6.45) is 1.93. The van der Waals surface area contributed by atoms with E-state index in [1.165, 1.54) is 16.5 Å². The number of hydrogen-bond donors (Lipinski definition) is 2. The molecule has 0 amide bonds. The van der Waals surface area contributed by atoms with Crippen LogP contribution in [0, 0.1) is 6.92 Å². The van der Waals surface area contributed by atoms with Crippen molar-refractivity contribution in [3.05, 3.63) is 89.7 Å². The SMILES string of the molecule is COc1ccc([C@@H](Nc2cccc[nH+]2)c2c(C)[nH]c3ccccc23)cc1. The fourth-order valence-electron chi connectivity index (χ4n) is 3.43. The van der Waals surface area contributed by atoms with Crippen molar-refractivity contribution in [1.29, 1.82) is 0 Å². The van der Waals surface area contributed by atoms with E-state index in [4.69, 9.17) is 4.74 Å². The molecule has 4 nitrogen and oxygen atoms in total. The number of H-pyrrole nitrogens is 2. The molecular formula is C22H22N3O+. The van der Waals surface area contributed by atoms with E-state index in [1.54, 1.807) is 7.11 Å². The zero-order chi connectivity index (χ0) is 17.9. The summed E-state index contributed by atoms with van der Waals surface area (Å²) in [5.74, 6) is 1.83. The van der Waals surface area contributed by atoms with E-state index < -0.39 is 0 Å². The quantitative estimate of drug-likeness (QED) is 0.560. The number of hydrogen-bond acceptors (Lipinski definition) is 2. The molecule has 0 aliphatic rings. The van der Waals surface area contributed by atoms with Crippen molar-refractivity contribution >= 4 is 16.7 Å². The number of ether oxygens (including phenoxy) is 1. The maximum absolute atomic E-state index is 5.32. The van der Waals surface area contributed by atoms with Gasteiger partial charge in [0.25, 0.3) is 5.82 Å². The van der Waals surface area contributed by atoms with Crippen molar-refractivity contribution in [2.75, 3.05) is 12.4 Å². The van der Waals surface area contributed by atoms with Gasteiger partial charge in [-0.05, 0) is 31.2 Å². The lowest BCUT2D eigenvalue weighted by atomic mass is 9.96.